The summed E-state index contributed by atoms with van der Waals surface area (Å²) in [6.07, 6.45) is 2.53. The van der Waals surface area contributed by atoms with Crippen molar-refractivity contribution in [3.05, 3.63) is 29.8 Å². The second kappa shape index (κ2) is 11.7. The molecule has 6 nitrogen and oxygen atoms in total. The van der Waals surface area contributed by atoms with Gasteiger partial charge in [-0.2, -0.15) is 0 Å². The Hall–Kier alpha value is -2.08. The molecule has 0 fully saturated rings. The highest BCUT2D eigenvalue weighted by atomic mass is 16.6. The standard InChI is InChI=1S/C22H34O6/c1-6-17(13-16(2)21(25)26-12-11-23)14-18-7-9-19(10-8-18)27-15-20(24)28-22(3,4)5/h7-10,16-17,23H,6,11-15H2,1-5H3. The summed E-state index contributed by atoms with van der Waals surface area (Å²) in [5, 5.41) is 8.75. The van der Waals surface area contributed by atoms with Gasteiger partial charge in [0.25, 0.3) is 0 Å². The van der Waals surface area contributed by atoms with Gasteiger partial charge in [-0.15, -0.1) is 0 Å². The van der Waals surface area contributed by atoms with Crippen molar-refractivity contribution < 1.29 is 28.9 Å². The molecule has 0 aliphatic heterocycles. The van der Waals surface area contributed by atoms with Crippen molar-refractivity contribution in [1.82, 2.24) is 0 Å². The van der Waals surface area contributed by atoms with Crippen LogP contribution in [0.3, 0.4) is 0 Å². The van der Waals surface area contributed by atoms with Crippen molar-refractivity contribution in [2.24, 2.45) is 11.8 Å². The molecule has 6 heteroatoms. The highest BCUT2D eigenvalue weighted by molar-refractivity contribution is 5.72. The third-order valence-electron chi connectivity index (χ3n) is 4.23. The summed E-state index contributed by atoms with van der Waals surface area (Å²) < 4.78 is 15.7. The Morgan fingerprint density at radius 1 is 1.14 bits per heavy atom. The number of hydrogen-bond acceptors (Lipinski definition) is 6. The first-order chi connectivity index (χ1) is 13.1. The van der Waals surface area contributed by atoms with Gasteiger partial charge in [-0.05, 0) is 57.2 Å². The molecule has 1 aromatic carbocycles. The average molecular weight is 395 g/mol. The van der Waals surface area contributed by atoms with E-state index in [-0.39, 0.29) is 31.7 Å². The molecule has 0 aliphatic rings. The summed E-state index contributed by atoms with van der Waals surface area (Å²) in [6, 6.07) is 7.63. The summed E-state index contributed by atoms with van der Waals surface area (Å²) in [4.78, 5) is 23.6. The molecule has 0 bridgehead atoms. The molecular weight excluding hydrogens is 360 g/mol. The van der Waals surface area contributed by atoms with Crippen LogP contribution in [0.4, 0.5) is 0 Å². The first-order valence-corrected chi connectivity index (χ1v) is 9.85. The van der Waals surface area contributed by atoms with Gasteiger partial charge in [-0.25, -0.2) is 4.79 Å². The van der Waals surface area contributed by atoms with Crippen LogP contribution in [0.1, 0.15) is 53.0 Å². The van der Waals surface area contributed by atoms with E-state index in [9.17, 15) is 9.59 Å². The molecule has 1 N–H and O–H groups in total. The molecule has 0 saturated heterocycles. The first-order valence-electron chi connectivity index (χ1n) is 9.85. The Kier molecular flexibility index (Phi) is 10.0. The van der Waals surface area contributed by atoms with Crippen LogP contribution in [-0.4, -0.2) is 42.5 Å². The van der Waals surface area contributed by atoms with Gasteiger partial charge >= 0.3 is 11.9 Å². The lowest BCUT2D eigenvalue weighted by Gasteiger charge is -2.20. The normalized spacial score (nSPS) is 13.5. The molecule has 2 atom stereocenters. The number of aliphatic hydroxyl groups is 1. The van der Waals surface area contributed by atoms with Crippen LogP contribution in [0.5, 0.6) is 5.75 Å². The minimum atomic E-state index is -0.527. The molecular formula is C22H34O6. The van der Waals surface area contributed by atoms with Gasteiger partial charge < -0.3 is 19.3 Å². The number of benzene rings is 1. The quantitative estimate of drug-likeness (QED) is 0.578. The molecule has 0 aromatic heterocycles. The van der Waals surface area contributed by atoms with Crippen molar-refractivity contribution in [2.45, 2.75) is 59.5 Å². The van der Waals surface area contributed by atoms with E-state index in [1.165, 1.54) is 0 Å². The van der Waals surface area contributed by atoms with Crippen LogP contribution in [0.25, 0.3) is 0 Å². The van der Waals surface area contributed by atoms with Gasteiger partial charge in [-0.3, -0.25) is 4.79 Å². The van der Waals surface area contributed by atoms with Crippen LogP contribution in [0.2, 0.25) is 0 Å². The Bertz CT molecular complexity index is 602. The van der Waals surface area contributed by atoms with E-state index >= 15 is 0 Å². The minimum Gasteiger partial charge on any atom is -0.482 e. The molecule has 158 valence electrons. The van der Waals surface area contributed by atoms with Crippen LogP contribution in [0.15, 0.2) is 24.3 Å². The Morgan fingerprint density at radius 3 is 2.32 bits per heavy atom. The Balaban J connectivity index is 2.51. The lowest BCUT2D eigenvalue weighted by molar-refractivity contribution is -0.157. The van der Waals surface area contributed by atoms with E-state index in [1.54, 1.807) is 0 Å². The number of rotatable bonds is 11. The first kappa shape index (κ1) is 24.0. The van der Waals surface area contributed by atoms with Crippen molar-refractivity contribution >= 4 is 11.9 Å². The lowest BCUT2D eigenvalue weighted by Crippen LogP contribution is -2.27. The molecule has 0 aliphatic carbocycles. The molecule has 0 saturated carbocycles. The second-order valence-electron chi connectivity index (χ2n) is 8.03. The molecule has 0 spiro atoms. The fourth-order valence-electron chi connectivity index (χ4n) is 2.85. The summed E-state index contributed by atoms with van der Waals surface area (Å²) in [6.45, 7) is 9.18. The second-order valence-corrected chi connectivity index (χ2v) is 8.03. The molecule has 0 heterocycles. The van der Waals surface area contributed by atoms with Crippen LogP contribution < -0.4 is 4.74 Å². The number of hydrogen-bond donors (Lipinski definition) is 1. The van der Waals surface area contributed by atoms with Crippen molar-refractivity contribution in [3.8, 4) is 5.75 Å². The number of carbonyl (C=O) groups excluding carboxylic acids is 2. The van der Waals surface area contributed by atoms with E-state index in [2.05, 4.69) is 6.92 Å². The topological polar surface area (TPSA) is 82.1 Å². The highest BCUT2D eigenvalue weighted by Gasteiger charge is 2.20. The third-order valence-corrected chi connectivity index (χ3v) is 4.23. The fraction of sp³-hybridized carbons (Fsp3) is 0.636. The van der Waals surface area contributed by atoms with E-state index in [0.717, 1.165) is 24.8 Å². The van der Waals surface area contributed by atoms with Crippen molar-refractivity contribution in [2.75, 3.05) is 19.8 Å². The van der Waals surface area contributed by atoms with Crippen molar-refractivity contribution in [1.29, 1.82) is 0 Å². The number of ether oxygens (including phenoxy) is 3. The predicted octanol–water partition coefficient (Wildman–Crippen LogP) is 3.54. The largest absolute Gasteiger partial charge is 0.482 e. The lowest BCUT2D eigenvalue weighted by atomic mass is 9.88. The van der Waals surface area contributed by atoms with Gasteiger partial charge in [0.05, 0.1) is 12.5 Å². The molecule has 0 radical (unpaired) electrons. The fourth-order valence-corrected chi connectivity index (χ4v) is 2.85. The molecule has 0 amide bonds. The van der Waals surface area contributed by atoms with Crippen LogP contribution in [0, 0.1) is 11.8 Å². The van der Waals surface area contributed by atoms with E-state index in [4.69, 9.17) is 19.3 Å². The number of carbonyl (C=O) groups is 2. The monoisotopic (exact) mass is 394 g/mol. The zero-order chi connectivity index (χ0) is 21.2. The van der Waals surface area contributed by atoms with Gasteiger partial charge in [0.2, 0.25) is 0 Å². The summed E-state index contributed by atoms with van der Waals surface area (Å²) in [5.41, 5.74) is 0.619. The van der Waals surface area contributed by atoms with Gasteiger partial charge in [0.1, 0.15) is 18.0 Å². The van der Waals surface area contributed by atoms with Gasteiger partial charge in [-0.1, -0.05) is 32.4 Å². The maximum Gasteiger partial charge on any atom is 0.344 e. The van der Waals surface area contributed by atoms with Crippen LogP contribution in [-0.2, 0) is 25.5 Å². The van der Waals surface area contributed by atoms with E-state index < -0.39 is 11.6 Å². The third kappa shape index (κ3) is 9.74. The predicted molar refractivity (Wildman–Crippen MR) is 107 cm³/mol. The van der Waals surface area contributed by atoms with Crippen LogP contribution >= 0.6 is 0 Å². The summed E-state index contributed by atoms with van der Waals surface area (Å²) in [7, 11) is 0. The summed E-state index contributed by atoms with van der Waals surface area (Å²) >= 11 is 0. The Labute approximate surface area is 168 Å². The van der Waals surface area contributed by atoms with Crippen molar-refractivity contribution in [3.63, 3.8) is 0 Å². The number of esters is 2. The molecule has 1 aromatic rings. The van der Waals surface area contributed by atoms with E-state index in [1.807, 2.05) is 52.0 Å². The van der Waals surface area contributed by atoms with Gasteiger partial charge in [0.15, 0.2) is 6.61 Å². The maximum atomic E-state index is 11.9. The van der Waals surface area contributed by atoms with E-state index in [0.29, 0.717) is 11.7 Å². The highest BCUT2D eigenvalue weighted by Crippen LogP contribution is 2.23. The SMILES string of the molecule is CCC(Cc1ccc(OCC(=O)OC(C)(C)C)cc1)CC(C)C(=O)OCCO. The minimum absolute atomic E-state index is 0.0464. The Morgan fingerprint density at radius 2 is 1.79 bits per heavy atom. The molecule has 2 unspecified atom stereocenters. The zero-order valence-corrected chi connectivity index (χ0v) is 17.7. The zero-order valence-electron chi connectivity index (χ0n) is 17.7. The maximum absolute atomic E-state index is 11.9. The average Bonchev–Trinajstić information content (AvgIpc) is 2.63. The number of aliphatic hydroxyl groups excluding tert-OH is 1. The molecule has 28 heavy (non-hydrogen) atoms. The molecule has 1 rings (SSSR count). The van der Waals surface area contributed by atoms with Gasteiger partial charge in [0, 0.05) is 0 Å². The smallest absolute Gasteiger partial charge is 0.344 e. The summed E-state index contributed by atoms with van der Waals surface area (Å²) in [5.74, 6) is 0.102.